The van der Waals surface area contributed by atoms with E-state index in [4.69, 9.17) is 5.73 Å². The van der Waals surface area contributed by atoms with Crippen LogP contribution in [0, 0.1) is 0 Å². The molecule has 1 fully saturated rings. The second-order valence-electron chi connectivity index (χ2n) is 6.22. The van der Waals surface area contributed by atoms with Crippen molar-refractivity contribution >= 4 is 0 Å². The highest BCUT2D eigenvalue weighted by molar-refractivity contribution is 5.14. The summed E-state index contributed by atoms with van der Waals surface area (Å²) < 4.78 is 0. The van der Waals surface area contributed by atoms with Crippen molar-refractivity contribution in [2.75, 3.05) is 13.1 Å². The first-order valence-corrected chi connectivity index (χ1v) is 8.33. The molecule has 1 aliphatic rings. The Balaban J connectivity index is 1.76. The second kappa shape index (κ2) is 8.43. The molecule has 0 bridgehead atoms. The lowest BCUT2D eigenvalue weighted by Crippen LogP contribution is -2.46. The maximum absolute atomic E-state index is 6.37. The molecule has 0 saturated carbocycles. The van der Waals surface area contributed by atoms with Crippen LogP contribution in [0.4, 0.5) is 0 Å². The number of rotatable bonds is 7. The van der Waals surface area contributed by atoms with Crippen molar-refractivity contribution in [1.29, 1.82) is 0 Å². The fourth-order valence-electron chi connectivity index (χ4n) is 3.35. The van der Waals surface area contributed by atoms with E-state index in [-0.39, 0.29) is 0 Å². The zero-order valence-electron chi connectivity index (χ0n) is 12.9. The van der Waals surface area contributed by atoms with Crippen molar-refractivity contribution in [3.63, 3.8) is 0 Å². The molecule has 2 unspecified atom stereocenters. The Morgan fingerprint density at radius 2 is 2.05 bits per heavy atom. The molecule has 0 aliphatic carbocycles. The number of hydrogen-bond acceptors (Lipinski definition) is 2. The quantitative estimate of drug-likeness (QED) is 0.823. The number of piperidine rings is 1. The van der Waals surface area contributed by atoms with E-state index in [0.717, 1.165) is 25.4 Å². The van der Waals surface area contributed by atoms with E-state index in [0.29, 0.717) is 6.04 Å². The normalized spacial score (nSPS) is 21.8. The van der Waals surface area contributed by atoms with E-state index in [1.165, 1.54) is 44.2 Å². The summed E-state index contributed by atoms with van der Waals surface area (Å²) in [6, 6.07) is 11.8. The number of hydrogen-bond donors (Lipinski definition) is 1. The summed E-state index contributed by atoms with van der Waals surface area (Å²) in [5, 5.41) is 0. The van der Waals surface area contributed by atoms with E-state index in [1.807, 2.05) is 0 Å². The molecule has 2 rings (SSSR count). The fraction of sp³-hybridized carbons (Fsp3) is 0.667. The summed E-state index contributed by atoms with van der Waals surface area (Å²) in [7, 11) is 0. The second-order valence-corrected chi connectivity index (χ2v) is 6.22. The first-order valence-electron chi connectivity index (χ1n) is 8.33. The molecule has 20 heavy (non-hydrogen) atoms. The Hall–Kier alpha value is -0.860. The third-order valence-corrected chi connectivity index (χ3v) is 4.49. The van der Waals surface area contributed by atoms with Gasteiger partial charge in [0.2, 0.25) is 0 Å². The lowest BCUT2D eigenvalue weighted by atomic mass is 9.97. The van der Waals surface area contributed by atoms with Gasteiger partial charge in [-0.15, -0.1) is 0 Å². The molecule has 1 aliphatic heterocycles. The van der Waals surface area contributed by atoms with Crippen LogP contribution in [0.2, 0.25) is 0 Å². The van der Waals surface area contributed by atoms with Gasteiger partial charge in [-0.2, -0.15) is 0 Å². The van der Waals surface area contributed by atoms with Gasteiger partial charge in [-0.3, -0.25) is 4.90 Å². The monoisotopic (exact) mass is 274 g/mol. The SMILES string of the molecule is CCCC1CCCCN1CC(N)CCc1ccccc1. The predicted molar refractivity (Wildman–Crippen MR) is 86.9 cm³/mol. The van der Waals surface area contributed by atoms with Crippen molar-refractivity contribution in [2.24, 2.45) is 5.73 Å². The summed E-state index contributed by atoms with van der Waals surface area (Å²) >= 11 is 0. The molecule has 2 N–H and O–H groups in total. The van der Waals surface area contributed by atoms with Crippen LogP contribution < -0.4 is 5.73 Å². The number of aryl methyl sites for hydroxylation is 1. The number of nitrogens with zero attached hydrogens (tertiary/aromatic N) is 1. The highest BCUT2D eigenvalue weighted by Gasteiger charge is 2.22. The van der Waals surface area contributed by atoms with Gasteiger partial charge in [0.05, 0.1) is 0 Å². The molecule has 112 valence electrons. The molecule has 1 aromatic carbocycles. The summed E-state index contributed by atoms with van der Waals surface area (Å²) in [6.45, 7) is 4.63. The molecular formula is C18H30N2. The van der Waals surface area contributed by atoms with Crippen LogP contribution in [0.25, 0.3) is 0 Å². The minimum atomic E-state index is 0.313. The minimum absolute atomic E-state index is 0.313. The highest BCUT2D eigenvalue weighted by Crippen LogP contribution is 2.21. The molecule has 0 spiro atoms. The van der Waals surface area contributed by atoms with Gasteiger partial charge >= 0.3 is 0 Å². The molecular weight excluding hydrogens is 244 g/mol. The maximum atomic E-state index is 6.37. The van der Waals surface area contributed by atoms with Crippen molar-refractivity contribution in [3.8, 4) is 0 Å². The van der Waals surface area contributed by atoms with E-state index in [2.05, 4.69) is 42.2 Å². The Labute approximate surface area is 124 Å². The van der Waals surface area contributed by atoms with Crippen LogP contribution in [0.1, 0.15) is 51.0 Å². The summed E-state index contributed by atoms with van der Waals surface area (Å²) in [4.78, 5) is 2.66. The number of benzene rings is 1. The van der Waals surface area contributed by atoms with Crippen LogP contribution in [-0.4, -0.2) is 30.1 Å². The number of nitrogens with two attached hydrogens (primary N) is 1. The molecule has 1 saturated heterocycles. The van der Waals surface area contributed by atoms with Gasteiger partial charge in [-0.05, 0) is 44.2 Å². The Kier molecular flexibility index (Phi) is 6.55. The van der Waals surface area contributed by atoms with Crippen LogP contribution >= 0.6 is 0 Å². The maximum Gasteiger partial charge on any atom is 0.0171 e. The highest BCUT2D eigenvalue weighted by atomic mass is 15.2. The van der Waals surface area contributed by atoms with E-state index in [1.54, 1.807) is 0 Å². The number of likely N-dealkylation sites (tertiary alicyclic amines) is 1. The summed E-state index contributed by atoms with van der Waals surface area (Å²) in [5.41, 5.74) is 7.78. The van der Waals surface area contributed by atoms with E-state index < -0.39 is 0 Å². The van der Waals surface area contributed by atoms with Gasteiger partial charge in [0, 0.05) is 18.6 Å². The molecule has 2 heteroatoms. The fourth-order valence-corrected chi connectivity index (χ4v) is 3.35. The van der Waals surface area contributed by atoms with Gasteiger partial charge in [0.25, 0.3) is 0 Å². The third kappa shape index (κ3) is 4.92. The molecule has 2 atom stereocenters. The Morgan fingerprint density at radius 3 is 2.80 bits per heavy atom. The first-order chi connectivity index (χ1) is 9.79. The summed E-state index contributed by atoms with van der Waals surface area (Å²) in [6.07, 6.45) is 8.96. The van der Waals surface area contributed by atoms with Crippen LogP contribution in [0.5, 0.6) is 0 Å². The van der Waals surface area contributed by atoms with Crippen LogP contribution in [0.3, 0.4) is 0 Å². The van der Waals surface area contributed by atoms with Crippen molar-refractivity contribution in [3.05, 3.63) is 35.9 Å². The first kappa shape index (κ1) is 15.5. The molecule has 1 aromatic rings. The molecule has 0 amide bonds. The van der Waals surface area contributed by atoms with Gasteiger partial charge in [0.1, 0.15) is 0 Å². The summed E-state index contributed by atoms with van der Waals surface area (Å²) in [5.74, 6) is 0. The van der Waals surface area contributed by atoms with Gasteiger partial charge in [0.15, 0.2) is 0 Å². The van der Waals surface area contributed by atoms with Crippen molar-refractivity contribution < 1.29 is 0 Å². The largest absolute Gasteiger partial charge is 0.327 e. The van der Waals surface area contributed by atoms with Gasteiger partial charge in [-0.1, -0.05) is 50.1 Å². The van der Waals surface area contributed by atoms with Crippen molar-refractivity contribution in [2.45, 2.75) is 64.0 Å². The lowest BCUT2D eigenvalue weighted by molar-refractivity contribution is 0.130. The average Bonchev–Trinajstić information content (AvgIpc) is 2.49. The predicted octanol–water partition coefficient (Wildman–Crippen LogP) is 3.60. The average molecular weight is 274 g/mol. The third-order valence-electron chi connectivity index (χ3n) is 4.49. The molecule has 0 radical (unpaired) electrons. The van der Waals surface area contributed by atoms with Gasteiger partial charge in [-0.25, -0.2) is 0 Å². The molecule has 2 nitrogen and oxygen atoms in total. The van der Waals surface area contributed by atoms with Crippen molar-refractivity contribution in [1.82, 2.24) is 4.90 Å². The lowest BCUT2D eigenvalue weighted by Gasteiger charge is -2.37. The zero-order valence-corrected chi connectivity index (χ0v) is 12.9. The Bertz CT molecular complexity index is 361. The van der Waals surface area contributed by atoms with Crippen LogP contribution in [0.15, 0.2) is 30.3 Å². The standard InChI is InChI=1S/C18H30N2/c1-2-8-18-11-6-7-14-20(18)15-17(19)13-12-16-9-4-3-5-10-16/h3-5,9-10,17-18H,2,6-8,11-15,19H2,1H3. The molecule has 0 aromatic heterocycles. The van der Waals surface area contributed by atoms with Gasteiger partial charge < -0.3 is 5.73 Å². The smallest absolute Gasteiger partial charge is 0.0171 e. The Morgan fingerprint density at radius 1 is 1.25 bits per heavy atom. The minimum Gasteiger partial charge on any atom is -0.327 e. The molecule has 1 heterocycles. The van der Waals surface area contributed by atoms with Crippen LogP contribution in [-0.2, 0) is 6.42 Å². The topological polar surface area (TPSA) is 29.3 Å². The zero-order chi connectivity index (χ0) is 14.2. The van der Waals surface area contributed by atoms with E-state index >= 15 is 0 Å². The van der Waals surface area contributed by atoms with E-state index in [9.17, 15) is 0 Å².